The number of aliphatic imine (C=N–C) groups is 1. The monoisotopic (exact) mass is 200 g/mol. The Labute approximate surface area is 90.6 Å². The Morgan fingerprint density at radius 2 is 2.27 bits per heavy atom. The van der Waals surface area contributed by atoms with E-state index in [1.807, 2.05) is 18.4 Å². The van der Waals surface area contributed by atoms with Gasteiger partial charge in [0, 0.05) is 24.7 Å². The van der Waals surface area contributed by atoms with Crippen LogP contribution in [0.4, 0.5) is 0 Å². The summed E-state index contributed by atoms with van der Waals surface area (Å²) < 4.78 is 2.26. The third-order valence-electron chi connectivity index (χ3n) is 2.68. The first-order valence-electron chi connectivity index (χ1n) is 5.45. The summed E-state index contributed by atoms with van der Waals surface area (Å²) in [5.74, 6) is 0. The molecular weight excluding hydrogens is 184 g/mol. The van der Waals surface area contributed by atoms with Crippen LogP contribution in [0.25, 0.3) is 6.08 Å². The van der Waals surface area contributed by atoms with Crippen molar-refractivity contribution in [2.75, 3.05) is 0 Å². The molecule has 0 saturated heterocycles. The van der Waals surface area contributed by atoms with Crippen LogP contribution in [-0.4, -0.2) is 10.8 Å². The molecular formula is C13H16N2. The standard InChI is InChI=1S/C13H16N2/c1-3-11-7-9-15(4-2)13(11)10-12-6-5-8-14-12/h5-10H,3-4H2,1-2H3/b12-10-. The van der Waals surface area contributed by atoms with Crippen LogP contribution in [0.5, 0.6) is 0 Å². The van der Waals surface area contributed by atoms with E-state index in [2.05, 4.69) is 41.7 Å². The number of nitrogens with zero attached hydrogens (tertiary/aromatic N) is 2. The third-order valence-corrected chi connectivity index (χ3v) is 2.68. The molecule has 15 heavy (non-hydrogen) atoms. The van der Waals surface area contributed by atoms with Gasteiger partial charge in [-0.1, -0.05) is 6.92 Å². The molecule has 0 radical (unpaired) electrons. The van der Waals surface area contributed by atoms with Gasteiger partial charge in [-0.15, -0.1) is 0 Å². The maximum atomic E-state index is 4.27. The Balaban J connectivity index is 2.41. The summed E-state index contributed by atoms with van der Waals surface area (Å²) in [4.78, 5) is 4.27. The number of allylic oxidation sites excluding steroid dienone is 2. The summed E-state index contributed by atoms with van der Waals surface area (Å²) in [7, 11) is 0. The molecule has 1 aromatic heterocycles. The van der Waals surface area contributed by atoms with Gasteiger partial charge in [0.15, 0.2) is 0 Å². The van der Waals surface area contributed by atoms with Crippen molar-refractivity contribution in [1.82, 2.24) is 4.57 Å². The SMILES string of the molecule is CCc1ccn(CC)c1/C=C1/C=CC=N1. The second-order valence-corrected chi connectivity index (χ2v) is 3.57. The first kappa shape index (κ1) is 9.97. The minimum atomic E-state index is 1.01. The molecule has 2 heteroatoms. The van der Waals surface area contributed by atoms with Gasteiger partial charge in [0.2, 0.25) is 0 Å². The lowest BCUT2D eigenvalue weighted by atomic mass is 10.1. The number of rotatable bonds is 3. The molecule has 1 aromatic rings. The van der Waals surface area contributed by atoms with Crippen LogP contribution >= 0.6 is 0 Å². The van der Waals surface area contributed by atoms with Crippen LogP contribution in [0.2, 0.25) is 0 Å². The lowest BCUT2D eigenvalue weighted by Crippen LogP contribution is -1.96. The number of hydrogen-bond acceptors (Lipinski definition) is 1. The Hall–Kier alpha value is -1.57. The zero-order valence-corrected chi connectivity index (χ0v) is 9.27. The predicted octanol–water partition coefficient (Wildman–Crippen LogP) is 3.05. The number of aromatic nitrogens is 1. The van der Waals surface area contributed by atoms with E-state index < -0.39 is 0 Å². The predicted molar refractivity (Wildman–Crippen MR) is 65.1 cm³/mol. The maximum absolute atomic E-state index is 4.27. The average Bonchev–Trinajstić information content (AvgIpc) is 2.87. The van der Waals surface area contributed by atoms with Crippen molar-refractivity contribution in [1.29, 1.82) is 0 Å². The Morgan fingerprint density at radius 3 is 2.87 bits per heavy atom. The Morgan fingerprint density at radius 1 is 1.40 bits per heavy atom. The minimum absolute atomic E-state index is 1.01. The third kappa shape index (κ3) is 1.94. The van der Waals surface area contributed by atoms with Gasteiger partial charge in [-0.2, -0.15) is 0 Å². The average molecular weight is 200 g/mol. The van der Waals surface area contributed by atoms with Crippen molar-refractivity contribution in [2.45, 2.75) is 26.8 Å². The molecule has 0 unspecified atom stereocenters. The molecule has 0 bridgehead atoms. The molecule has 0 fully saturated rings. The molecule has 0 aromatic carbocycles. The van der Waals surface area contributed by atoms with Gasteiger partial charge in [0.05, 0.1) is 5.70 Å². The normalized spacial score (nSPS) is 16.8. The summed E-state index contributed by atoms with van der Waals surface area (Å²) >= 11 is 0. The lowest BCUT2D eigenvalue weighted by Gasteiger charge is -2.04. The van der Waals surface area contributed by atoms with E-state index in [9.17, 15) is 0 Å². The van der Waals surface area contributed by atoms with E-state index in [1.165, 1.54) is 11.3 Å². The zero-order valence-electron chi connectivity index (χ0n) is 9.27. The highest BCUT2D eigenvalue weighted by atomic mass is 15.0. The topological polar surface area (TPSA) is 17.3 Å². The van der Waals surface area contributed by atoms with Crippen LogP contribution < -0.4 is 0 Å². The Bertz CT molecular complexity index is 398. The van der Waals surface area contributed by atoms with E-state index in [0.717, 1.165) is 18.7 Å². The van der Waals surface area contributed by atoms with Crippen molar-refractivity contribution in [3.05, 3.63) is 41.4 Å². The first-order valence-corrected chi connectivity index (χ1v) is 5.45. The molecule has 1 aliphatic heterocycles. The molecule has 0 spiro atoms. The van der Waals surface area contributed by atoms with Crippen molar-refractivity contribution in [2.24, 2.45) is 4.99 Å². The van der Waals surface area contributed by atoms with Gasteiger partial charge >= 0.3 is 0 Å². The van der Waals surface area contributed by atoms with Crippen molar-refractivity contribution in [3.8, 4) is 0 Å². The highest BCUT2D eigenvalue weighted by Crippen LogP contribution is 2.18. The fourth-order valence-corrected chi connectivity index (χ4v) is 1.82. The van der Waals surface area contributed by atoms with Crippen LogP contribution in [0.3, 0.4) is 0 Å². The maximum Gasteiger partial charge on any atom is 0.0651 e. The molecule has 0 aliphatic carbocycles. The van der Waals surface area contributed by atoms with Crippen molar-refractivity contribution < 1.29 is 0 Å². The molecule has 2 heterocycles. The number of hydrogen-bond donors (Lipinski definition) is 0. The molecule has 0 N–H and O–H groups in total. The Kier molecular flexibility index (Phi) is 2.86. The molecule has 78 valence electrons. The van der Waals surface area contributed by atoms with Crippen LogP contribution in [0.15, 0.2) is 35.1 Å². The smallest absolute Gasteiger partial charge is 0.0651 e. The van der Waals surface area contributed by atoms with Crippen LogP contribution in [0, 0.1) is 0 Å². The van der Waals surface area contributed by atoms with Crippen molar-refractivity contribution in [3.63, 3.8) is 0 Å². The van der Waals surface area contributed by atoms with E-state index in [1.54, 1.807) is 0 Å². The molecule has 0 saturated carbocycles. The van der Waals surface area contributed by atoms with E-state index in [0.29, 0.717) is 0 Å². The molecule has 0 atom stereocenters. The summed E-state index contributed by atoms with van der Waals surface area (Å²) in [6.07, 6.45) is 11.2. The van der Waals surface area contributed by atoms with Crippen LogP contribution in [0.1, 0.15) is 25.1 Å². The van der Waals surface area contributed by atoms with Crippen molar-refractivity contribution >= 4 is 12.3 Å². The fourth-order valence-electron chi connectivity index (χ4n) is 1.82. The summed E-state index contributed by atoms with van der Waals surface area (Å²) in [6.45, 7) is 5.35. The van der Waals surface area contributed by atoms with Gasteiger partial charge < -0.3 is 4.57 Å². The van der Waals surface area contributed by atoms with Gasteiger partial charge in [0.1, 0.15) is 0 Å². The summed E-state index contributed by atoms with van der Waals surface area (Å²) in [5.41, 5.74) is 3.72. The number of aryl methyl sites for hydroxylation is 2. The summed E-state index contributed by atoms with van der Waals surface area (Å²) in [5, 5.41) is 0. The van der Waals surface area contributed by atoms with E-state index >= 15 is 0 Å². The molecule has 2 rings (SSSR count). The van der Waals surface area contributed by atoms with Gasteiger partial charge in [-0.25, -0.2) is 0 Å². The van der Waals surface area contributed by atoms with Gasteiger partial charge in [0.25, 0.3) is 0 Å². The van der Waals surface area contributed by atoms with Crippen LogP contribution in [-0.2, 0) is 13.0 Å². The van der Waals surface area contributed by atoms with E-state index in [-0.39, 0.29) is 0 Å². The first-order chi connectivity index (χ1) is 7.35. The van der Waals surface area contributed by atoms with Gasteiger partial charge in [-0.05, 0) is 43.2 Å². The van der Waals surface area contributed by atoms with Gasteiger partial charge in [-0.3, -0.25) is 4.99 Å². The lowest BCUT2D eigenvalue weighted by molar-refractivity contribution is 0.757. The molecule has 2 nitrogen and oxygen atoms in total. The summed E-state index contributed by atoms with van der Waals surface area (Å²) in [6, 6.07) is 2.19. The second-order valence-electron chi connectivity index (χ2n) is 3.57. The zero-order chi connectivity index (χ0) is 10.7. The second kappa shape index (κ2) is 4.30. The largest absolute Gasteiger partial charge is 0.348 e. The van der Waals surface area contributed by atoms with E-state index in [4.69, 9.17) is 0 Å². The quantitative estimate of drug-likeness (QED) is 0.713. The molecule has 0 amide bonds. The minimum Gasteiger partial charge on any atom is -0.348 e. The highest BCUT2D eigenvalue weighted by Gasteiger charge is 2.05. The fraction of sp³-hybridized carbons (Fsp3) is 0.308. The highest BCUT2D eigenvalue weighted by molar-refractivity contribution is 5.79. The molecule has 1 aliphatic rings.